The molecule has 0 heterocycles. The molecular weight excluding hydrogens is 264 g/mol. The molecule has 0 bridgehead atoms. The van der Waals surface area contributed by atoms with Crippen molar-refractivity contribution in [2.24, 2.45) is 5.73 Å². The molecule has 1 aromatic rings. The predicted molar refractivity (Wildman–Crippen MR) is 77.3 cm³/mol. The van der Waals surface area contributed by atoms with E-state index in [1.54, 1.807) is 25.3 Å². The van der Waals surface area contributed by atoms with Crippen LogP contribution in [0.2, 0.25) is 0 Å². The lowest BCUT2D eigenvalue weighted by atomic mass is 10.2. The van der Waals surface area contributed by atoms with E-state index in [4.69, 9.17) is 27.4 Å². The highest BCUT2D eigenvalue weighted by molar-refractivity contribution is 7.80. The minimum atomic E-state index is -0.220. The van der Waals surface area contributed by atoms with Crippen LogP contribution < -0.4 is 15.8 Å². The fraction of sp³-hybridized carbons (Fsp3) is 0.385. The van der Waals surface area contributed by atoms with Crippen molar-refractivity contribution in [3.8, 4) is 5.75 Å². The van der Waals surface area contributed by atoms with Crippen LogP contribution in [0.5, 0.6) is 5.75 Å². The van der Waals surface area contributed by atoms with Crippen molar-refractivity contribution in [2.45, 2.75) is 13.0 Å². The molecule has 1 rings (SSSR count). The number of carbonyl (C=O) groups excluding carboxylic acids is 1. The Balaban J connectivity index is 2.53. The molecule has 1 unspecified atom stereocenters. The number of benzene rings is 1. The van der Waals surface area contributed by atoms with E-state index >= 15 is 0 Å². The number of methoxy groups -OCH3 is 1. The summed E-state index contributed by atoms with van der Waals surface area (Å²) in [6, 6.07) is 7.01. The molecule has 0 aliphatic heterocycles. The van der Waals surface area contributed by atoms with E-state index in [1.165, 1.54) is 0 Å². The topological polar surface area (TPSA) is 73.6 Å². The molecule has 0 aliphatic carbocycles. The first-order chi connectivity index (χ1) is 9.04. The molecule has 6 heteroatoms. The van der Waals surface area contributed by atoms with Crippen LogP contribution in [-0.4, -0.2) is 37.3 Å². The molecule has 0 saturated carbocycles. The summed E-state index contributed by atoms with van der Waals surface area (Å²) in [5.74, 6) is 0.284. The van der Waals surface area contributed by atoms with Crippen molar-refractivity contribution < 1.29 is 14.3 Å². The number of nitrogens with one attached hydrogen (secondary N) is 1. The first-order valence-corrected chi connectivity index (χ1v) is 6.25. The molecule has 0 saturated heterocycles. The Morgan fingerprint density at radius 1 is 1.47 bits per heavy atom. The smallest absolute Gasteiger partial charge is 0.258 e. The Hall–Kier alpha value is -1.66. The number of hydrogen-bond donors (Lipinski definition) is 2. The molecule has 0 aliphatic rings. The van der Waals surface area contributed by atoms with Crippen LogP contribution >= 0.6 is 12.2 Å². The first-order valence-electron chi connectivity index (χ1n) is 5.84. The molecule has 104 valence electrons. The Kier molecular flexibility index (Phi) is 6.24. The van der Waals surface area contributed by atoms with Gasteiger partial charge in [0.2, 0.25) is 0 Å². The monoisotopic (exact) mass is 282 g/mol. The van der Waals surface area contributed by atoms with E-state index in [1.807, 2.05) is 13.0 Å². The number of ether oxygens (including phenoxy) is 2. The van der Waals surface area contributed by atoms with Crippen LogP contribution in [0.1, 0.15) is 12.5 Å². The molecule has 0 fully saturated rings. The zero-order chi connectivity index (χ0) is 14.3. The second-order valence-electron chi connectivity index (χ2n) is 4.07. The average Bonchev–Trinajstić information content (AvgIpc) is 2.36. The summed E-state index contributed by atoms with van der Waals surface area (Å²) in [6.07, 6.45) is 0. The molecule has 0 aromatic heterocycles. The number of carbonyl (C=O) groups is 1. The van der Waals surface area contributed by atoms with Gasteiger partial charge in [0.05, 0.1) is 12.2 Å². The molecule has 19 heavy (non-hydrogen) atoms. The van der Waals surface area contributed by atoms with E-state index in [-0.39, 0.29) is 23.5 Å². The largest absolute Gasteiger partial charge is 0.483 e. The first kappa shape index (κ1) is 15.4. The second-order valence-corrected chi connectivity index (χ2v) is 4.51. The maximum Gasteiger partial charge on any atom is 0.258 e. The van der Waals surface area contributed by atoms with Gasteiger partial charge in [-0.1, -0.05) is 24.4 Å². The van der Waals surface area contributed by atoms with E-state index < -0.39 is 0 Å². The highest BCUT2D eigenvalue weighted by atomic mass is 32.1. The molecule has 0 radical (unpaired) electrons. The lowest BCUT2D eigenvalue weighted by molar-refractivity contribution is -0.124. The van der Waals surface area contributed by atoms with Gasteiger partial charge in [-0.25, -0.2) is 0 Å². The second kappa shape index (κ2) is 7.70. The van der Waals surface area contributed by atoms with Gasteiger partial charge in [0, 0.05) is 13.2 Å². The van der Waals surface area contributed by atoms with E-state index in [9.17, 15) is 4.79 Å². The number of rotatable bonds is 7. The Labute approximate surface area is 118 Å². The summed E-state index contributed by atoms with van der Waals surface area (Å²) < 4.78 is 10.3. The molecule has 1 aromatic carbocycles. The van der Waals surface area contributed by atoms with Crippen molar-refractivity contribution >= 4 is 23.1 Å². The summed E-state index contributed by atoms with van der Waals surface area (Å²) in [4.78, 5) is 11.9. The maximum absolute atomic E-state index is 11.6. The molecule has 5 nitrogen and oxygen atoms in total. The van der Waals surface area contributed by atoms with Crippen LogP contribution in [-0.2, 0) is 9.53 Å². The van der Waals surface area contributed by atoms with E-state index in [2.05, 4.69) is 5.32 Å². The van der Waals surface area contributed by atoms with E-state index in [0.29, 0.717) is 17.9 Å². The number of amides is 1. The lowest BCUT2D eigenvalue weighted by Crippen LogP contribution is -2.38. The normalized spacial score (nSPS) is 11.7. The van der Waals surface area contributed by atoms with Gasteiger partial charge in [-0.3, -0.25) is 4.79 Å². The van der Waals surface area contributed by atoms with Gasteiger partial charge in [0.15, 0.2) is 6.61 Å². The summed E-state index contributed by atoms with van der Waals surface area (Å²) in [6.45, 7) is 2.22. The van der Waals surface area contributed by atoms with Crippen molar-refractivity contribution in [3.05, 3.63) is 29.8 Å². The standard InChI is InChI=1S/C13H18N2O3S/c1-9(7-17-2)15-12(16)8-18-11-6-4-3-5-10(11)13(14)19/h3-6,9H,7-8H2,1-2H3,(H2,14,19)(H,15,16). The SMILES string of the molecule is COCC(C)NC(=O)COc1ccccc1C(N)=S. The molecule has 3 N–H and O–H groups in total. The highest BCUT2D eigenvalue weighted by Crippen LogP contribution is 2.17. The van der Waals surface area contributed by atoms with Gasteiger partial charge in [0.1, 0.15) is 10.7 Å². The Bertz CT molecular complexity index is 451. The zero-order valence-corrected chi connectivity index (χ0v) is 11.8. The van der Waals surface area contributed by atoms with Gasteiger partial charge in [-0.15, -0.1) is 0 Å². The zero-order valence-electron chi connectivity index (χ0n) is 11.0. The van der Waals surface area contributed by atoms with Crippen molar-refractivity contribution in [1.29, 1.82) is 0 Å². The van der Waals surface area contributed by atoms with Gasteiger partial charge >= 0.3 is 0 Å². The Morgan fingerprint density at radius 2 is 2.16 bits per heavy atom. The summed E-state index contributed by atoms with van der Waals surface area (Å²) >= 11 is 4.91. The third-order valence-electron chi connectivity index (χ3n) is 2.34. The highest BCUT2D eigenvalue weighted by Gasteiger charge is 2.10. The third-order valence-corrected chi connectivity index (χ3v) is 2.56. The average molecular weight is 282 g/mol. The van der Waals surface area contributed by atoms with Crippen LogP contribution in [0.15, 0.2) is 24.3 Å². The van der Waals surface area contributed by atoms with Crippen molar-refractivity contribution in [3.63, 3.8) is 0 Å². The minimum absolute atomic E-state index is 0.0630. The quantitative estimate of drug-likeness (QED) is 0.725. The van der Waals surface area contributed by atoms with Crippen LogP contribution in [0.25, 0.3) is 0 Å². The lowest BCUT2D eigenvalue weighted by Gasteiger charge is -2.14. The number of para-hydroxylation sites is 1. The predicted octanol–water partition coefficient (Wildman–Crippen LogP) is 0.851. The van der Waals surface area contributed by atoms with Crippen molar-refractivity contribution in [1.82, 2.24) is 5.32 Å². The Morgan fingerprint density at radius 3 is 2.79 bits per heavy atom. The fourth-order valence-electron chi connectivity index (χ4n) is 1.55. The molecule has 1 atom stereocenters. The number of nitrogens with two attached hydrogens (primary N) is 1. The van der Waals surface area contributed by atoms with Crippen LogP contribution in [0, 0.1) is 0 Å². The van der Waals surface area contributed by atoms with E-state index in [0.717, 1.165) is 0 Å². The summed E-state index contributed by atoms with van der Waals surface area (Å²) in [5, 5.41) is 2.75. The summed E-state index contributed by atoms with van der Waals surface area (Å²) in [5.41, 5.74) is 6.20. The van der Waals surface area contributed by atoms with Crippen LogP contribution in [0.4, 0.5) is 0 Å². The fourth-order valence-corrected chi connectivity index (χ4v) is 1.72. The van der Waals surface area contributed by atoms with Crippen molar-refractivity contribution in [2.75, 3.05) is 20.3 Å². The van der Waals surface area contributed by atoms with Gasteiger partial charge < -0.3 is 20.5 Å². The minimum Gasteiger partial charge on any atom is -0.483 e. The number of thiocarbonyl (C=S) groups is 1. The maximum atomic E-state index is 11.6. The van der Waals surface area contributed by atoms with Gasteiger partial charge in [-0.05, 0) is 19.1 Å². The third kappa shape index (κ3) is 5.23. The van der Waals surface area contributed by atoms with Crippen LogP contribution in [0.3, 0.4) is 0 Å². The molecular formula is C13H18N2O3S. The molecule has 1 amide bonds. The number of hydrogen-bond acceptors (Lipinski definition) is 4. The summed E-state index contributed by atoms with van der Waals surface area (Å²) in [7, 11) is 1.58. The van der Waals surface area contributed by atoms with Gasteiger partial charge in [0.25, 0.3) is 5.91 Å². The molecule has 0 spiro atoms. The van der Waals surface area contributed by atoms with Gasteiger partial charge in [-0.2, -0.15) is 0 Å².